The Kier molecular flexibility index (Phi) is 4.75. The molecule has 1 aromatic rings. The van der Waals surface area contributed by atoms with E-state index in [0.717, 1.165) is 6.42 Å². The van der Waals surface area contributed by atoms with Crippen LogP contribution in [0.2, 0.25) is 10.0 Å². The first-order valence-electron chi connectivity index (χ1n) is 10.0. The lowest BCUT2D eigenvalue weighted by Crippen LogP contribution is -2.40. The van der Waals surface area contributed by atoms with Gasteiger partial charge in [-0.05, 0) is 48.3 Å². The number of halogens is 2. The maximum Gasteiger partial charge on any atom is 0.308 e. The smallest absolute Gasteiger partial charge is 0.308 e. The lowest BCUT2D eigenvalue weighted by molar-refractivity contribution is -0.145. The summed E-state index contributed by atoms with van der Waals surface area (Å²) >= 11 is 11.8. The van der Waals surface area contributed by atoms with E-state index in [9.17, 15) is 19.2 Å². The van der Waals surface area contributed by atoms with E-state index in [1.54, 1.807) is 0 Å². The molecule has 2 amide bonds. The number of nitrogens with zero attached hydrogens (tertiary/aromatic N) is 1. The minimum absolute atomic E-state index is 0.0197. The van der Waals surface area contributed by atoms with Crippen molar-refractivity contribution in [1.29, 1.82) is 0 Å². The number of rotatable bonds is 6. The summed E-state index contributed by atoms with van der Waals surface area (Å²) in [7, 11) is 0. The SMILES string of the molecule is O=C(CCN1C(=O)[C@H]2[C@@H]3C=C[C@H]([C@H]4C[C@H]34)[C@@H]2C1=O)OCC(=O)c1ccc(Cl)cc1Cl. The van der Waals surface area contributed by atoms with Gasteiger partial charge in [0.25, 0.3) is 0 Å². The predicted molar refractivity (Wildman–Crippen MR) is 108 cm³/mol. The van der Waals surface area contributed by atoms with Crippen LogP contribution in [-0.2, 0) is 19.1 Å². The summed E-state index contributed by atoms with van der Waals surface area (Å²) in [5.41, 5.74) is 0.212. The molecular weight excluding hydrogens is 429 g/mol. The first-order chi connectivity index (χ1) is 14.4. The molecule has 1 saturated heterocycles. The van der Waals surface area contributed by atoms with Crippen LogP contribution in [0.4, 0.5) is 0 Å². The molecule has 1 aliphatic heterocycles. The Balaban J connectivity index is 1.16. The zero-order valence-corrected chi connectivity index (χ0v) is 17.4. The van der Waals surface area contributed by atoms with E-state index in [1.807, 2.05) is 0 Å². The zero-order valence-electron chi connectivity index (χ0n) is 15.9. The Bertz CT molecular complexity index is 969. The van der Waals surface area contributed by atoms with Crippen LogP contribution < -0.4 is 0 Å². The fourth-order valence-corrected chi connectivity index (χ4v) is 5.97. The molecule has 3 fully saturated rings. The van der Waals surface area contributed by atoms with Crippen molar-refractivity contribution >= 4 is 46.8 Å². The summed E-state index contributed by atoms with van der Waals surface area (Å²) in [6, 6.07) is 4.43. The van der Waals surface area contributed by atoms with Gasteiger partial charge < -0.3 is 4.74 Å². The minimum atomic E-state index is -0.646. The van der Waals surface area contributed by atoms with Crippen LogP contribution in [0.15, 0.2) is 30.4 Å². The average Bonchev–Trinajstić information content (AvgIpc) is 3.49. The van der Waals surface area contributed by atoms with Crippen LogP contribution >= 0.6 is 23.2 Å². The molecule has 6 atom stereocenters. The number of carbonyl (C=O) groups is 4. The molecule has 4 aliphatic carbocycles. The van der Waals surface area contributed by atoms with Crippen molar-refractivity contribution in [3.63, 3.8) is 0 Å². The molecule has 5 aliphatic rings. The highest BCUT2D eigenvalue weighted by atomic mass is 35.5. The van der Waals surface area contributed by atoms with Gasteiger partial charge in [0.15, 0.2) is 6.61 Å². The number of likely N-dealkylation sites (tertiary alicyclic amines) is 1. The van der Waals surface area contributed by atoms with E-state index in [4.69, 9.17) is 27.9 Å². The average molecular weight is 448 g/mol. The zero-order chi connectivity index (χ0) is 21.2. The largest absolute Gasteiger partial charge is 0.457 e. The van der Waals surface area contributed by atoms with Crippen LogP contribution in [0.1, 0.15) is 23.2 Å². The van der Waals surface area contributed by atoms with Crippen LogP contribution in [0.3, 0.4) is 0 Å². The second-order valence-electron chi connectivity index (χ2n) is 8.44. The molecule has 1 aromatic carbocycles. The molecule has 156 valence electrons. The maximum atomic E-state index is 12.9. The number of imide groups is 1. The summed E-state index contributed by atoms with van der Waals surface area (Å²) in [6.45, 7) is -0.487. The molecule has 6 nitrogen and oxygen atoms in total. The Morgan fingerprint density at radius 1 is 1.03 bits per heavy atom. The maximum absolute atomic E-state index is 12.9. The van der Waals surface area contributed by atoms with Gasteiger partial charge in [-0.1, -0.05) is 35.4 Å². The van der Waals surface area contributed by atoms with E-state index in [-0.39, 0.29) is 59.0 Å². The number of hydrogen-bond donors (Lipinski definition) is 0. The standard InChI is InChI=1S/C22H19Cl2NO5/c23-10-1-2-13(16(24)7-10)17(26)9-30-18(27)5-6-25-21(28)19-11-3-4-12(15-8-14(11)15)20(19)22(25)29/h1-4,7,11-12,14-15,19-20H,5-6,8-9H2/t11-,12-,14-,15-,19+,20+/m1/s1. The Morgan fingerprint density at radius 3 is 2.27 bits per heavy atom. The quantitative estimate of drug-likeness (QED) is 0.289. The first kappa shape index (κ1) is 19.8. The lowest BCUT2D eigenvalue weighted by atomic mass is 9.63. The second kappa shape index (κ2) is 7.20. The molecule has 0 N–H and O–H groups in total. The molecule has 0 unspecified atom stereocenters. The van der Waals surface area contributed by atoms with E-state index >= 15 is 0 Å². The van der Waals surface area contributed by atoms with Crippen molar-refractivity contribution in [3.8, 4) is 0 Å². The summed E-state index contributed by atoms with van der Waals surface area (Å²) in [4.78, 5) is 51.3. The molecule has 1 heterocycles. The highest BCUT2D eigenvalue weighted by Gasteiger charge is 2.66. The molecule has 0 radical (unpaired) electrons. The fraction of sp³-hybridized carbons (Fsp3) is 0.455. The van der Waals surface area contributed by atoms with E-state index < -0.39 is 18.4 Å². The summed E-state index contributed by atoms with van der Waals surface area (Å²) < 4.78 is 5.03. The van der Waals surface area contributed by atoms with Gasteiger partial charge in [0, 0.05) is 17.1 Å². The third kappa shape index (κ3) is 3.08. The summed E-state index contributed by atoms with van der Waals surface area (Å²) in [6.07, 6.45) is 5.18. The van der Waals surface area contributed by atoms with Crippen molar-refractivity contribution in [3.05, 3.63) is 46.0 Å². The number of esters is 1. The van der Waals surface area contributed by atoms with Gasteiger partial charge in [-0.3, -0.25) is 24.1 Å². The van der Waals surface area contributed by atoms with Crippen LogP contribution in [-0.4, -0.2) is 41.6 Å². The molecule has 8 heteroatoms. The number of ether oxygens (including phenoxy) is 1. The van der Waals surface area contributed by atoms with Gasteiger partial charge >= 0.3 is 5.97 Å². The van der Waals surface area contributed by atoms with Crippen LogP contribution in [0.5, 0.6) is 0 Å². The van der Waals surface area contributed by atoms with Crippen LogP contribution in [0.25, 0.3) is 0 Å². The van der Waals surface area contributed by atoms with E-state index in [2.05, 4.69) is 12.2 Å². The van der Waals surface area contributed by atoms with Gasteiger partial charge in [0.2, 0.25) is 17.6 Å². The summed E-state index contributed by atoms with van der Waals surface area (Å²) in [5.74, 6) is -0.624. The Morgan fingerprint density at radius 2 is 1.67 bits per heavy atom. The van der Waals surface area contributed by atoms with Crippen molar-refractivity contribution in [2.45, 2.75) is 12.8 Å². The van der Waals surface area contributed by atoms with Crippen molar-refractivity contribution in [1.82, 2.24) is 4.90 Å². The molecule has 0 spiro atoms. The summed E-state index contributed by atoms with van der Waals surface area (Å²) in [5, 5.41) is 0.579. The van der Waals surface area contributed by atoms with Crippen molar-refractivity contribution in [2.24, 2.45) is 35.5 Å². The number of hydrogen-bond acceptors (Lipinski definition) is 5. The monoisotopic (exact) mass is 447 g/mol. The molecule has 6 rings (SSSR count). The second-order valence-corrected chi connectivity index (χ2v) is 9.28. The van der Waals surface area contributed by atoms with E-state index in [0.29, 0.717) is 16.9 Å². The third-order valence-electron chi connectivity index (χ3n) is 6.89. The number of ketones is 1. The lowest BCUT2D eigenvalue weighted by Gasteiger charge is -2.37. The number of allylic oxidation sites excluding steroid dienone is 2. The number of benzene rings is 1. The number of carbonyl (C=O) groups excluding carboxylic acids is 4. The van der Waals surface area contributed by atoms with Gasteiger partial charge in [0.05, 0.1) is 23.3 Å². The molecular formula is C22H19Cl2NO5. The number of amides is 2. The van der Waals surface area contributed by atoms with Gasteiger partial charge in [-0.15, -0.1) is 0 Å². The Hall–Kier alpha value is -2.18. The third-order valence-corrected chi connectivity index (χ3v) is 7.44. The topological polar surface area (TPSA) is 80.8 Å². The van der Waals surface area contributed by atoms with E-state index in [1.165, 1.54) is 23.1 Å². The molecule has 30 heavy (non-hydrogen) atoms. The highest BCUT2D eigenvalue weighted by molar-refractivity contribution is 6.36. The van der Waals surface area contributed by atoms with Gasteiger partial charge in [-0.2, -0.15) is 0 Å². The van der Waals surface area contributed by atoms with Gasteiger partial charge in [0.1, 0.15) is 0 Å². The van der Waals surface area contributed by atoms with Crippen LogP contribution in [0, 0.1) is 35.5 Å². The minimum Gasteiger partial charge on any atom is -0.457 e. The fourth-order valence-electron chi connectivity index (χ4n) is 5.45. The predicted octanol–water partition coefficient (Wildman–Crippen LogP) is 3.16. The Labute approximate surface area is 183 Å². The number of Topliss-reactive ketones (excluding diaryl/α,β-unsaturated/α-hetero) is 1. The highest BCUT2D eigenvalue weighted by Crippen LogP contribution is 2.65. The van der Waals surface area contributed by atoms with Crippen molar-refractivity contribution in [2.75, 3.05) is 13.2 Å². The molecule has 2 bridgehead atoms. The molecule has 0 aromatic heterocycles. The van der Waals surface area contributed by atoms with Crippen molar-refractivity contribution < 1.29 is 23.9 Å². The first-order valence-corrected chi connectivity index (χ1v) is 10.8. The molecule has 2 saturated carbocycles. The van der Waals surface area contributed by atoms with Gasteiger partial charge in [-0.25, -0.2) is 0 Å². The normalized spacial score (nSPS) is 32.8.